The molecule has 1 aliphatic carbocycles. The summed E-state index contributed by atoms with van der Waals surface area (Å²) in [6.07, 6.45) is 8.03. The summed E-state index contributed by atoms with van der Waals surface area (Å²) in [7, 11) is 0. The zero-order valence-corrected chi connectivity index (χ0v) is 12.8. The fraction of sp³-hybridized carbons (Fsp3) is 0.0500. The van der Waals surface area contributed by atoms with E-state index in [0.717, 1.165) is 15.6 Å². The second-order valence-electron chi connectivity index (χ2n) is 4.43. The molecule has 108 valence electrons. The molecule has 0 amide bonds. The van der Waals surface area contributed by atoms with Crippen LogP contribution < -0.4 is 0 Å². The van der Waals surface area contributed by atoms with Gasteiger partial charge in [0.1, 0.15) is 0 Å². The van der Waals surface area contributed by atoms with Gasteiger partial charge >= 0.3 is 97.8 Å². The van der Waals surface area contributed by atoms with Crippen molar-refractivity contribution in [1.82, 2.24) is 0 Å². The summed E-state index contributed by atoms with van der Waals surface area (Å²) < 4.78 is 0.937. The van der Waals surface area contributed by atoms with Crippen molar-refractivity contribution >= 4 is 10.1 Å². The molecule has 0 radical (unpaired) electrons. The third kappa shape index (κ3) is 4.81. The number of rotatable bonds is 1. The van der Waals surface area contributed by atoms with Crippen molar-refractivity contribution in [3.63, 3.8) is 0 Å². The summed E-state index contributed by atoms with van der Waals surface area (Å²) in [5, 5.41) is 0. The van der Waals surface area contributed by atoms with Crippen LogP contribution in [-0.4, -0.2) is 4.49 Å². The first-order valence-electron chi connectivity index (χ1n) is 6.72. The Morgan fingerprint density at radius 1 is 0.905 bits per heavy atom. The van der Waals surface area contributed by atoms with Crippen LogP contribution in [0.1, 0.15) is 12.5 Å². The maximum absolute atomic E-state index is 4.98. The number of allylic oxidation sites excluding steroid dienone is 6. The first-order valence-corrected chi connectivity index (χ1v) is 7.22. The van der Waals surface area contributed by atoms with Crippen molar-refractivity contribution in [1.29, 1.82) is 0 Å². The zero-order valence-electron chi connectivity index (χ0n) is 11.8. The van der Waals surface area contributed by atoms with E-state index in [1.165, 1.54) is 5.57 Å². The summed E-state index contributed by atoms with van der Waals surface area (Å²) in [5.74, 6) is 0. The van der Waals surface area contributed by atoms with Crippen LogP contribution in [-0.2, 0) is 15.0 Å². The van der Waals surface area contributed by atoms with Gasteiger partial charge in [-0.2, -0.15) is 36.4 Å². The van der Waals surface area contributed by atoms with Gasteiger partial charge in [-0.25, -0.2) is 0 Å². The molecule has 3 rings (SSSR count). The van der Waals surface area contributed by atoms with Crippen LogP contribution in [0.15, 0.2) is 84.5 Å². The summed E-state index contributed by atoms with van der Waals surface area (Å²) in [5.41, 5.74) is 3.44. The Kier molecular flexibility index (Phi) is 6.12. The molecule has 0 aliphatic heterocycles. The van der Waals surface area contributed by atoms with Crippen LogP contribution in [0.25, 0.3) is 5.57 Å². The van der Waals surface area contributed by atoms with Crippen LogP contribution in [0.4, 0.5) is 0 Å². The van der Waals surface area contributed by atoms with Crippen LogP contribution in [0.3, 0.4) is 0 Å². The van der Waals surface area contributed by atoms with E-state index < -0.39 is 0 Å². The predicted molar refractivity (Wildman–Crippen MR) is 86.4 cm³/mol. The predicted octanol–water partition coefficient (Wildman–Crippen LogP) is 4.59. The van der Waals surface area contributed by atoms with Crippen molar-refractivity contribution in [2.45, 2.75) is 6.92 Å². The molecule has 0 nitrogen and oxygen atoms in total. The second kappa shape index (κ2) is 8.34. The number of benzene rings is 2. The van der Waals surface area contributed by atoms with Crippen LogP contribution >= 0.6 is 0 Å². The number of hydrogen-bond donors (Lipinski definition) is 0. The Morgan fingerprint density at radius 2 is 1.62 bits per heavy atom. The van der Waals surface area contributed by atoms with Crippen molar-refractivity contribution in [3.05, 3.63) is 102 Å². The van der Waals surface area contributed by atoms with Gasteiger partial charge in [0, 0.05) is 0 Å². The van der Waals surface area contributed by atoms with Crippen LogP contribution in [0.2, 0.25) is 0 Å². The van der Waals surface area contributed by atoms with E-state index in [-0.39, 0.29) is 0 Å². The van der Waals surface area contributed by atoms with Crippen molar-refractivity contribution < 1.29 is 15.0 Å². The van der Waals surface area contributed by atoms with Gasteiger partial charge in [-0.3, -0.25) is 0 Å². The molecular formula is C20H16Ni-2. The molecule has 2 aromatic rings. The third-order valence-electron chi connectivity index (χ3n) is 2.97. The maximum atomic E-state index is 4.98. The Balaban J connectivity index is 0.000000225. The maximum Gasteiger partial charge on any atom is -0.171 e. The molecule has 1 heteroatoms. The van der Waals surface area contributed by atoms with Gasteiger partial charge < -0.3 is 0 Å². The van der Waals surface area contributed by atoms with E-state index in [0.29, 0.717) is 0 Å². The van der Waals surface area contributed by atoms with Gasteiger partial charge in [0.2, 0.25) is 0 Å². The van der Waals surface area contributed by atoms with E-state index in [2.05, 4.69) is 31.2 Å². The average molecular weight is 315 g/mol. The van der Waals surface area contributed by atoms with E-state index in [1.54, 1.807) is 0 Å². The molecule has 0 heterocycles. The fourth-order valence-electron chi connectivity index (χ4n) is 1.86. The fourth-order valence-corrected chi connectivity index (χ4v) is 2.22. The molecule has 0 spiro atoms. The first-order chi connectivity index (χ1) is 10.3. The summed E-state index contributed by atoms with van der Waals surface area (Å²) in [6.45, 7) is 2.09. The molecule has 21 heavy (non-hydrogen) atoms. The largest absolute Gasteiger partial charge is 0.184 e. The molecule has 2 aromatic carbocycles. The van der Waals surface area contributed by atoms with Gasteiger partial charge in [-0.15, -0.1) is 0 Å². The molecule has 0 bridgehead atoms. The summed E-state index contributed by atoms with van der Waals surface area (Å²) in [6, 6.07) is 23.7. The van der Waals surface area contributed by atoms with Crippen LogP contribution in [0, 0.1) is 12.1 Å². The van der Waals surface area contributed by atoms with E-state index in [9.17, 15) is 0 Å². The zero-order chi connectivity index (χ0) is 14.9. The minimum Gasteiger partial charge on any atom is -0.184 e. The summed E-state index contributed by atoms with van der Waals surface area (Å²) in [4.78, 5) is 0. The van der Waals surface area contributed by atoms with Crippen LogP contribution in [0.5, 0.6) is 0 Å². The monoisotopic (exact) mass is 314 g/mol. The molecule has 0 fully saturated rings. The quantitative estimate of drug-likeness (QED) is 0.533. The first kappa shape index (κ1) is 15.4. The second-order valence-corrected chi connectivity index (χ2v) is 4.96. The van der Waals surface area contributed by atoms with Gasteiger partial charge in [0.25, 0.3) is 0 Å². The molecule has 0 saturated carbocycles. The molecule has 0 atom stereocenters. The van der Waals surface area contributed by atoms with Crippen molar-refractivity contribution in [2.24, 2.45) is 0 Å². The number of hydrogen-bond acceptors (Lipinski definition) is 0. The Bertz CT molecular complexity index is 635. The van der Waals surface area contributed by atoms with Gasteiger partial charge in [0.15, 0.2) is 0 Å². The molecule has 0 unspecified atom stereocenters. The molecule has 0 saturated heterocycles. The third-order valence-corrected chi connectivity index (χ3v) is 3.40. The summed E-state index contributed by atoms with van der Waals surface area (Å²) >= 11 is 4.98. The van der Waals surface area contributed by atoms with Crippen molar-refractivity contribution in [2.75, 3.05) is 0 Å². The minimum atomic E-state index is 0.937. The normalized spacial score (nSPS) is 15.3. The smallest absolute Gasteiger partial charge is 0.171 e. The van der Waals surface area contributed by atoms with Gasteiger partial charge in [0.05, 0.1) is 0 Å². The van der Waals surface area contributed by atoms with E-state index in [1.807, 2.05) is 66.8 Å². The van der Waals surface area contributed by atoms with Gasteiger partial charge in [-0.1, -0.05) is 0 Å². The SMILES string of the molecule is C/C(=C1\C=CC=C[C]1=[Ni])c1[c-]cccc1.[c-]1ccccc1. The molecule has 0 N–H and O–H groups in total. The molecule has 1 aliphatic rings. The van der Waals surface area contributed by atoms with E-state index in [4.69, 9.17) is 15.0 Å². The minimum absolute atomic E-state index is 0.937. The topological polar surface area (TPSA) is 0 Å². The Hall–Kier alpha value is -1.98. The Labute approximate surface area is 134 Å². The van der Waals surface area contributed by atoms with E-state index >= 15 is 0 Å². The van der Waals surface area contributed by atoms with Gasteiger partial charge in [-0.05, 0) is 0 Å². The molecular weight excluding hydrogens is 299 g/mol. The standard InChI is InChI=1S/C14H11.C6H5.Ni/c1-12(13-8-4-2-5-9-13)14-10-6-3-7-11-14;1-2-4-6-5-3-1;/h2-8,10H,1H3;1-5H;/q2*-1;/b13-12-;;. The van der Waals surface area contributed by atoms with Crippen molar-refractivity contribution in [3.8, 4) is 0 Å². The average Bonchev–Trinajstić information content (AvgIpc) is 2.58. The Morgan fingerprint density at radius 3 is 2.14 bits per heavy atom. The molecule has 0 aromatic heterocycles.